The number of carbonyl (C=O) groups is 1. The molecule has 1 atom stereocenters. The third-order valence-corrected chi connectivity index (χ3v) is 11.3. The summed E-state index contributed by atoms with van der Waals surface area (Å²) < 4.78 is 36.4. The second kappa shape index (κ2) is 10.6. The molecule has 12 nitrogen and oxygen atoms in total. The van der Waals surface area contributed by atoms with Gasteiger partial charge in [-0.15, -0.1) is 11.3 Å². The number of nitrogens with zero attached hydrogens (tertiary/aromatic N) is 5. The minimum Gasteiger partial charge on any atom is -0.495 e. The number of carbonyl (C=O) groups excluding carboxylic acids is 1. The Morgan fingerprint density at radius 1 is 1.11 bits per heavy atom. The Morgan fingerprint density at radius 2 is 1.93 bits per heavy atom. The van der Waals surface area contributed by atoms with Crippen molar-refractivity contribution in [2.45, 2.75) is 37.1 Å². The summed E-state index contributed by atoms with van der Waals surface area (Å²) in [6, 6.07) is 13.4. The van der Waals surface area contributed by atoms with Crippen LogP contribution in [-0.4, -0.2) is 58.9 Å². The molecular weight excluding hydrogens is 627 g/mol. The minimum atomic E-state index is -4.05. The largest absolute Gasteiger partial charge is 0.495 e. The van der Waals surface area contributed by atoms with Gasteiger partial charge in [0.05, 0.1) is 34.6 Å². The van der Waals surface area contributed by atoms with Crippen LogP contribution in [0.2, 0.25) is 0 Å². The highest BCUT2D eigenvalue weighted by Crippen LogP contribution is 2.39. The van der Waals surface area contributed by atoms with Crippen LogP contribution in [-0.2, 0) is 21.2 Å². The highest BCUT2D eigenvalue weighted by atomic mass is 32.2. The van der Waals surface area contributed by atoms with E-state index in [2.05, 4.69) is 10.6 Å². The van der Waals surface area contributed by atoms with E-state index in [1.165, 1.54) is 21.9 Å². The van der Waals surface area contributed by atoms with Gasteiger partial charge in [-0.05, 0) is 80.1 Å². The van der Waals surface area contributed by atoms with Crippen molar-refractivity contribution in [2.24, 2.45) is 0 Å². The molecule has 0 unspecified atom stereocenters. The van der Waals surface area contributed by atoms with E-state index in [0.29, 0.717) is 40.0 Å². The Hall–Kier alpha value is -4.79. The number of hydrogen-bond acceptors (Lipinski definition) is 10. The molecule has 1 saturated heterocycles. The Morgan fingerprint density at radius 3 is 2.70 bits per heavy atom. The molecule has 1 amide bonds. The second-order valence-electron chi connectivity index (χ2n) is 11.5. The predicted molar refractivity (Wildman–Crippen MR) is 177 cm³/mol. The van der Waals surface area contributed by atoms with Crippen LogP contribution < -0.4 is 25.8 Å². The van der Waals surface area contributed by atoms with E-state index in [0.717, 1.165) is 40.2 Å². The van der Waals surface area contributed by atoms with E-state index in [9.17, 15) is 18.0 Å². The zero-order valence-electron chi connectivity index (χ0n) is 25.0. The molecule has 2 N–H and O–H groups in total. The fourth-order valence-electron chi connectivity index (χ4n) is 6.35. The van der Waals surface area contributed by atoms with Gasteiger partial charge < -0.3 is 20.3 Å². The highest BCUT2D eigenvalue weighted by Gasteiger charge is 2.33. The highest BCUT2D eigenvalue weighted by molar-refractivity contribution is 7.90. The van der Waals surface area contributed by atoms with Gasteiger partial charge in [0.2, 0.25) is 11.9 Å². The van der Waals surface area contributed by atoms with Crippen molar-refractivity contribution in [3.8, 4) is 5.75 Å². The van der Waals surface area contributed by atoms with Crippen LogP contribution in [0.1, 0.15) is 24.0 Å². The Bertz CT molecular complexity index is 2370. The van der Waals surface area contributed by atoms with E-state index in [4.69, 9.17) is 14.7 Å². The van der Waals surface area contributed by atoms with E-state index < -0.39 is 10.0 Å². The van der Waals surface area contributed by atoms with Crippen LogP contribution in [0.5, 0.6) is 5.75 Å². The van der Waals surface area contributed by atoms with Gasteiger partial charge in [-0.2, -0.15) is 4.98 Å². The number of aryl methyl sites for hydroxylation is 1. The van der Waals surface area contributed by atoms with Crippen LogP contribution in [0.4, 0.5) is 17.3 Å². The molecule has 2 aliphatic heterocycles. The number of hydrogen-bond donors (Lipinski definition) is 2. The van der Waals surface area contributed by atoms with Gasteiger partial charge in [-0.1, -0.05) is 17.7 Å². The fourth-order valence-corrected chi connectivity index (χ4v) is 8.40. The summed E-state index contributed by atoms with van der Waals surface area (Å²) in [6.45, 7) is 3.25. The first-order chi connectivity index (χ1) is 22.2. The molecule has 0 saturated carbocycles. The molecule has 0 spiro atoms. The Balaban J connectivity index is 1.32. The van der Waals surface area contributed by atoms with Crippen molar-refractivity contribution in [1.82, 2.24) is 23.7 Å². The summed E-state index contributed by atoms with van der Waals surface area (Å²) in [6.07, 6.45) is 3.86. The van der Waals surface area contributed by atoms with Crippen molar-refractivity contribution in [3.63, 3.8) is 0 Å². The lowest BCUT2D eigenvalue weighted by Gasteiger charge is -2.23. The lowest BCUT2D eigenvalue weighted by atomic mass is 10.1. The van der Waals surface area contributed by atoms with Crippen LogP contribution in [0.15, 0.2) is 69.8 Å². The lowest BCUT2D eigenvalue weighted by Crippen LogP contribution is -2.42. The maximum atomic E-state index is 13.9. The maximum Gasteiger partial charge on any atom is 0.278 e. The second-order valence-corrected chi connectivity index (χ2v) is 14.2. The summed E-state index contributed by atoms with van der Waals surface area (Å²) in [5.41, 5.74) is 3.64. The number of rotatable bonds is 6. The number of methoxy groups -OCH3 is 1. The Labute approximate surface area is 267 Å². The lowest BCUT2D eigenvalue weighted by molar-refractivity contribution is -0.120. The number of fused-ring (bicyclic) bond motifs is 5. The number of benzene rings is 2. The van der Waals surface area contributed by atoms with E-state index in [1.54, 1.807) is 53.8 Å². The van der Waals surface area contributed by atoms with Crippen LogP contribution in [0, 0.1) is 6.92 Å². The van der Waals surface area contributed by atoms with Gasteiger partial charge in [0.15, 0.2) is 11.3 Å². The fraction of sp³-hybridized carbons (Fsp3) is 0.250. The first-order valence-corrected chi connectivity index (χ1v) is 17.2. The predicted octanol–water partition coefficient (Wildman–Crippen LogP) is 4.20. The van der Waals surface area contributed by atoms with Gasteiger partial charge in [0.25, 0.3) is 15.6 Å². The number of anilines is 3. The number of nitrogens with one attached hydrogen (secondary N) is 2. The number of amides is 1. The van der Waals surface area contributed by atoms with Crippen LogP contribution >= 0.6 is 11.3 Å². The first-order valence-electron chi connectivity index (χ1n) is 14.9. The Kier molecular flexibility index (Phi) is 6.63. The average molecular weight is 656 g/mol. The van der Waals surface area contributed by atoms with Gasteiger partial charge in [0, 0.05) is 18.4 Å². The number of aromatic nitrogens is 4. The molecular formula is C32H29N7O5S2. The van der Waals surface area contributed by atoms with E-state index in [1.807, 2.05) is 19.1 Å². The summed E-state index contributed by atoms with van der Waals surface area (Å²) in [5.74, 6) is 0.570. The summed E-state index contributed by atoms with van der Waals surface area (Å²) in [5, 5.41) is 8.74. The molecule has 234 valence electrons. The third-order valence-electron chi connectivity index (χ3n) is 8.72. The molecule has 1 fully saturated rings. The van der Waals surface area contributed by atoms with Crippen molar-refractivity contribution >= 4 is 71.5 Å². The molecule has 0 radical (unpaired) electrons. The third kappa shape index (κ3) is 4.39. The molecule has 8 rings (SSSR count). The summed E-state index contributed by atoms with van der Waals surface area (Å²) in [4.78, 5) is 38.8. The molecule has 46 heavy (non-hydrogen) atoms. The smallest absolute Gasteiger partial charge is 0.278 e. The van der Waals surface area contributed by atoms with Crippen molar-refractivity contribution < 1.29 is 17.9 Å². The molecule has 2 aromatic carbocycles. The number of thiophene rings is 1. The molecule has 14 heteroatoms. The summed E-state index contributed by atoms with van der Waals surface area (Å²) in [7, 11) is -2.50. The van der Waals surface area contributed by atoms with E-state index >= 15 is 0 Å². The zero-order valence-corrected chi connectivity index (χ0v) is 26.6. The number of ether oxygens (including phenoxy) is 1. The van der Waals surface area contributed by atoms with E-state index in [-0.39, 0.29) is 39.6 Å². The molecule has 6 heterocycles. The van der Waals surface area contributed by atoms with Crippen LogP contribution in [0.3, 0.4) is 0 Å². The topological polar surface area (TPSA) is 140 Å². The molecule has 0 bridgehead atoms. The van der Waals surface area contributed by atoms with Gasteiger partial charge >= 0.3 is 0 Å². The first kappa shape index (κ1) is 28.7. The van der Waals surface area contributed by atoms with Crippen molar-refractivity contribution in [3.05, 3.63) is 81.6 Å². The van der Waals surface area contributed by atoms with Crippen molar-refractivity contribution in [1.29, 1.82) is 0 Å². The quantitative estimate of drug-likeness (QED) is 0.270. The molecule has 0 aliphatic carbocycles. The van der Waals surface area contributed by atoms with Gasteiger partial charge in [-0.25, -0.2) is 21.8 Å². The average Bonchev–Trinajstić information content (AvgIpc) is 3.87. The minimum absolute atomic E-state index is 0.0250. The van der Waals surface area contributed by atoms with Gasteiger partial charge in [0.1, 0.15) is 10.4 Å². The molecule has 2 aliphatic rings. The molecule has 6 aromatic rings. The SMILES string of the molecule is COc1cc2c(cc1Nc1nc3c(ccn3S(=O)(=O)c3ccc(C)cc3)c3nc4ccsc4c(=O)n13)N(C(=O)[C@@H]1CCCN1)CC2. The zero-order chi connectivity index (χ0) is 31.7. The standard InChI is InChI=1S/C32H29N7O5S2/c1-18-5-7-20(8-6-18)46(42,43)38-14-10-21-28(38)36-32(39-29(21)34-22-11-15-45-27(22)31(39)41)35-24-17-25-19(16-26(24)44-2)9-13-37(25)30(40)23-4-3-12-33-23/h5-8,10-11,14-17,23,33H,3-4,9,12-13H2,1-2H3,(H,35,36)/t23-/m0/s1. The van der Waals surface area contributed by atoms with Crippen molar-refractivity contribution in [2.75, 3.05) is 30.4 Å². The monoisotopic (exact) mass is 655 g/mol. The summed E-state index contributed by atoms with van der Waals surface area (Å²) >= 11 is 1.27. The van der Waals surface area contributed by atoms with Gasteiger partial charge in [-0.3, -0.25) is 9.59 Å². The maximum absolute atomic E-state index is 13.9. The molecule has 4 aromatic heterocycles. The van der Waals surface area contributed by atoms with Crippen LogP contribution in [0.25, 0.3) is 26.9 Å². The normalized spacial score (nSPS) is 16.5.